The van der Waals surface area contributed by atoms with Gasteiger partial charge in [0.05, 0.1) is 13.2 Å². The largest absolute Gasteiger partial charge is 0.378 e. The van der Waals surface area contributed by atoms with Crippen LogP contribution in [0.5, 0.6) is 0 Å². The number of ether oxygens (including phenoxy) is 1. The van der Waals surface area contributed by atoms with E-state index >= 15 is 0 Å². The summed E-state index contributed by atoms with van der Waals surface area (Å²) in [5.41, 5.74) is 2.03. The summed E-state index contributed by atoms with van der Waals surface area (Å²) in [4.78, 5) is 6.17. The van der Waals surface area contributed by atoms with Crippen LogP contribution in [0.4, 0.5) is 0 Å². The minimum absolute atomic E-state index is 0.131. The third-order valence-electron chi connectivity index (χ3n) is 3.20. The van der Waals surface area contributed by atoms with Gasteiger partial charge in [0, 0.05) is 31.4 Å². The van der Waals surface area contributed by atoms with Crippen molar-refractivity contribution in [2.45, 2.75) is 6.42 Å². The summed E-state index contributed by atoms with van der Waals surface area (Å²) in [5, 5.41) is 17.5. The summed E-state index contributed by atoms with van der Waals surface area (Å²) in [5.74, 6) is 0. The number of morpholine rings is 1. The highest BCUT2D eigenvalue weighted by Crippen LogP contribution is 2.14. The molecule has 0 aliphatic carbocycles. The molecule has 0 spiro atoms. The predicted molar refractivity (Wildman–Crippen MR) is 79.3 cm³/mol. The Morgan fingerprint density at radius 1 is 1.19 bits per heavy atom. The summed E-state index contributed by atoms with van der Waals surface area (Å²) in [7, 11) is 0. The van der Waals surface area contributed by atoms with Crippen molar-refractivity contribution < 1.29 is 4.74 Å². The Morgan fingerprint density at radius 3 is 2.48 bits per heavy atom. The van der Waals surface area contributed by atoms with Gasteiger partial charge in [-0.15, -0.1) is 0 Å². The first-order valence-corrected chi connectivity index (χ1v) is 6.77. The van der Waals surface area contributed by atoms with Crippen molar-refractivity contribution in [3.05, 3.63) is 47.8 Å². The van der Waals surface area contributed by atoms with E-state index in [0.29, 0.717) is 19.6 Å². The van der Waals surface area contributed by atoms with Crippen LogP contribution in [0.3, 0.4) is 0 Å². The lowest BCUT2D eigenvalue weighted by Gasteiger charge is -2.30. The number of allylic oxidation sites excluding steroid dienone is 1. The van der Waals surface area contributed by atoms with Crippen LogP contribution in [0, 0.1) is 22.7 Å². The molecule has 1 aromatic carbocycles. The molecular weight excluding hydrogens is 264 g/mol. The average Bonchev–Trinajstić information content (AvgIpc) is 2.56. The van der Waals surface area contributed by atoms with Crippen molar-refractivity contribution in [3.8, 4) is 12.1 Å². The van der Waals surface area contributed by atoms with E-state index in [1.807, 2.05) is 30.3 Å². The molecule has 0 atom stereocenters. The molecule has 0 aromatic heterocycles. The van der Waals surface area contributed by atoms with E-state index in [2.05, 4.69) is 9.89 Å². The second-order valence-corrected chi connectivity index (χ2v) is 4.58. The van der Waals surface area contributed by atoms with Gasteiger partial charge in [0.1, 0.15) is 12.1 Å². The first kappa shape index (κ1) is 14.8. The quantitative estimate of drug-likeness (QED) is 0.789. The van der Waals surface area contributed by atoms with Gasteiger partial charge in [-0.1, -0.05) is 30.3 Å². The van der Waals surface area contributed by atoms with E-state index in [1.54, 1.807) is 18.3 Å². The number of benzene rings is 1. The van der Waals surface area contributed by atoms with Gasteiger partial charge in [-0.3, -0.25) is 0 Å². The van der Waals surface area contributed by atoms with Gasteiger partial charge in [0.25, 0.3) is 0 Å². The maximum Gasteiger partial charge on any atom is 0.218 e. The fourth-order valence-corrected chi connectivity index (χ4v) is 2.12. The van der Waals surface area contributed by atoms with Gasteiger partial charge in [-0.05, 0) is 5.56 Å². The Hall–Kier alpha value is -2.63. The summed E-state index contributed by atoms with van der Waals surface area (Å²) in [6.07, 6.45) is 2.34. The van der Waals surface area contributed by atoms with Gasteiger partial charge in [0.15, 0.2) is 0 Å². The number of hydrogen-bond donors (Lipinski definition) is 0. The topological polar surface area (TPSA) is 72.4 Å². The van der Waals surface area contributed by atoms with Crippen molar-refractivity contribution in [3.63, 3.8) is 0 Å². The minimum Gasteiger partial charge on any atom is -0.378 e. The highest BCUT2D eigenvalue weighted by Gasteiger charge is 2.14. The van der Waals surface area contributed by atoms with E-state index in [9.17, 15) is 0 Å². The second kappa shape index (κ2) is 7.84. The Morgan fingerprint density at radius 2 is 1.86 bits per heavy atom. The molecule has 1 fully saturated rings. The minimum atomic E-state index is -0.131. The molecule has 21 heavy (non-hydrogen) atoms. The molecule has 1 aliphatic heterocycles. The van der Waals surface area contributed by atoms with Gasteiger partial charge in [-0.2, -0.15) is 10.5 Å². The first-order valence-electron chi connectivity index (χ1n) is 6.77. The van der Waals surface area contributed by atoms with Crippen LogP contribution in [0.1, 0.15) is 5.56 Å². The molecule has 2 rings (SSSR count). The van der Waals surface area contributed by atoms with E-state index in [4.69, 9.17) is 15.3 Å². The Bertz CT molecular complexity index is 585. The van der Waals surface area contributed by atoms with Gasteiger partial charge < -0.3 is 9.64 Å². The third-order valence-corrected chi connectivity index (χ3v) is 3.20. The predicted octanol–water partition coefficient (Wildman–Crippen LogP) is 1.89. The highest BCUT2D eigenvalue weighted by molar-refractivity contribution is 6.10. The molecule has 0 N–H and O–H groups in total. The molecule has 0 amide bonds. The molecule has 1 saturated heterocycles. The zero-order valence-electron chi connectivity index (χ0n) is 11.7. The Kier molecular flexibility index (Phi) is 5.51. The fourth-order valence-electron chi connectivity index (χ4n) is 2.12. The highest BCUT2D eigenvalue weighted by atomic mass is 16.5. The third kappa shape index (κ3) is 4.45. The van der Waals surface area contributed by atoms with Gasteiger partial charge in [-0.25, -0.2) is 4.99 Å². The Labute approximate surface area is 124 Å². The summed E-state index contributed by atoms with van der Waals surface area (Å²) >= 11 is 0. The molecule has 5 heteroatoms. The van der Waals surface area contributed by atoms with Crippen LogP contribution in [0.2, 0.25) is 0 Å². The summed E-state index contributed by atoms with van der Waals surface area (Å²) in [6, 6.07) is 13.6. The number of nitrogens with zero attached hydrogens (tertiary/aromatic N) is 4. The SMILES string of the molecule is N#CC(C#N)=NC=C(Cc1ccccc1)N1CCOCC1. The molecule has 0 bridgehead atoms. The van der Waals surface area contributed by atoms with Crippen LogP contribution in [-0.2, 0) is 11.2 Å². The smallest absolute Gasteiger partial charge is 0.218 e. The molecule has 0 radical (unpaired) electrons. The van der Waals surface area contributed by atoms with Crippen LogP contribution in [0.25, 0.3) is 0 Å². The zero-order valence-corrected chi connectivity index (χ0v) is 11.7. The first-order chi connectivity index (χ1) is 10.3. The van der Waals surface area contributed by atoms with Crippen LogP contribution >= 0.6 is 0 Å². The van der Waals surface area contributed by atoms with Crippen LogP contribution in [-0.4, -0.2) is 36.9 Å². The van der Waals surface area contributed by atoms with Crippen molar-refractivity contribution in [2.75, 3.05) is 26.3 Å². The molecule has 5 nitrogen and oxygen atoms in total. The van der Waals surface area contributed by atoms with Gasteiger partial charge >= 0.3 is 0 Å². The summed E-state index contributed by atoms with van der Waals surface area (Å²) in [6.45, 7) is 2.95. The fraction of sp³-hybridized carbons (Fsp3) is 0.312. The van der Waals surface area contributed by atoms with Crippen molar-refractivity contribution in [2.24, 2.45) is 4.99 Å². The zero-order chi connectivity index (χ0) is 14.9. The number of hydrogen-bond acceptors (Lipinski definition) is 5. The number of aliphatic imine (C=N–C) groups is 1. The van der Waals surface area contributed by atoms with Crippen molar-refractivity contribution in [1.82, 2.24) is 4.90 Å². The van der Waals surface area contributed by atoms with E-state index in [1.165, 1.54) is 5.56 Å². The summed E-state index contributed by atoms with van der Waals surface area (Å²) < 4.78 is 5.36. The second-order valence-electron chi connectivity index (χ2n) is 4.58. The van der Waals surface area contributed by atoms with Gasteiger partial charge in [0.2, 0.25) is 5.71 Å². The number of rotatable bonds is 4. The lowest BCUT2D eigenvalue weighted by Crippen LogP contribution is -2.36. The van der Waals surface area contributed by atoms with Crippen molar-refractivity contribution >= 4 is 5.71 Å². The lowest BCUT2D eigenvalue weighted by molar-refractivity contribution is 0.0525. The maximum absolute atomic E-state index is 8.77. The Balaban J connectivity index is 2.22. The molecule has 1 aliphatic rings. The maximum atomic E-state index is 8.77. The number of nitriles is 2. The van der Waals surface area contributed by atoms with Crippen molar-refractivity contribution in [1.29, 1.82) is 10.5 Å². The standard InChI is InChI=1S/C16H16N4O/c17-11-15(12-18)19-13-16(20-6-8-21-9-7-20)10-14-4-2-1-3-5-14/h1-5,13H,6-10H2. The molecule has 1 aromatic rings. The van der Waals surface area contributed by atoms with Crippen LogP contribution in [0.15, 0.2) is 47.2 Å². The van der Waals surface area contributed by atoms with Crippen LogP contribution < -0.4 is 0 Å². The van der Waals surface area contributed by atoms with E-state index in [-0.39, 0.29) is 5.71 Å². The lowest BCUT2D eigenvalue weighted by atomic mass is 10.1. The molecule has 0 unspecified atom stereocenters. The normalized spacial score (nSPS) is 15.0. The molecule has 0 saturated carbocycles. The van der Waals surface area contributed by atoms with E-state index in [0.717, 1.165) is 18.8 Å². The monoisotopic (exact) mass is 280 g/mol. The molecule has 106 valence electrons. The molecular formula is C16H16N4O. The average molecular weight is 280 g/mol. The molecule has 1 heterocycles. The van der Waals surface area contributed by atoms with E-state index < -0.39 is 0 Å².